The van der Waals surface area contributed by atoms with Crippen molar-refractivity contribution in [3.8, 4) is 5.75 Å². The zero-order valence-corrected chi connectivity index (χ0v) is 10.5. The number of nitrogens with one attached hydrogen (secondary N) is 1. The van der Waals surface area contributed by atoms with Crippen LogP contribution in [-0.2, 0) is 0 Å². The molecule has 0 saturated heterocycles. The first-order valence-corrected chi connectivity index (χ1v) is 5.68. The first kappa shape index (κ1) is 14.0. The molecule has 0 radical (unpaired) electrons. The highest BCUT2D eigenvalue weighted by Gasteiger charge is 2.30. The van der Waals surface area contributed by atoms with E-state index in [-0.39, 0.29) is 5.75 Å². The Bertz CT molecular complexity index is 597. The molecule has 1 heterocycles. The summed E-state index contributed by atoms with van der Waals surface area (Å²) < 4.78 is 39.8. The summed E-state index contributed by atoms with van der Waals surface area (Å²) in [5.41, 5.74) is 7.68. The van der Waals surface area contributed by atoms with Gasteiger partial charge in [0.25, 0.3) is 0 Å². The normalized spacial score (nSPS) is 11.2. The van der Waals surface area contributed by atoms with Crippen molar-refractivity contribution in [3.05, 3.63) is 42.1 Å². The average Bonchev–Trinajstić information content (AvgIpc) is 2.35. The standard InChI is InChI=1S/C13H12F3N3O/c1-8-6-12(18-7-11(8)17)19-9-2-4-10(5-3-9)20-13(14,15)16/h2-7H,17H2,1H3,(H,18,19). The van der Waals surface area contributed by atoms with E-state index < -0.39 is 6.36 Å². The van der Waals surface area contributed by atoms with Crippen LogP contribution in [-0.4, -0.2) is 11.3 Å². The Morgan fingerprint density at radius 2 is 1.85 bits per heavy atom. The van der Waals surface area contributed by atoms with Gasteiger partial charge in [0.05, 0.1) is 11.9 Å². The zero-order valence-electron chi connectivity index (χ0n) is 10.5. The van der Waals surface area contributed by atoms with Gasteiger partial charge in [0.15, 0.2) is 0 Å². The van der Waals surface area contributed by atoms with E-state index in [4.69, 9.17) is 5.73 Å². The number of hydrogen-bond acceptors (Lipinski definition) is 4. The average molecular weight is 283 g/mol. The topological polar surface area (TPSA) is 60.2 Å². The fourth-order valence-electron chi connectivity index (χ4n) is 1.52. The van der Waals surface area contributed by atoms with Crippen LogP contribution >= 0.6 is 0 Å². The molecule has 0 atom stereocenters. The van der Waals surface area contributed by atoms with Crippen LogP contribution in [0, 0.1) is 6.92 Å². The lowest BCUT2D eigenvalue weighted by Crippen LogP contribution is -2.16. The number of nitrogens with zero attached hydrogens (tertiary/aromatic N) is 1. The van der Waals surface area contributed by atoms with Crippen molar-refractivity contribution in [2.75, 3.05) is 11.1 Å². The molecule has 0 saturated carbocycles. The van der Waals surface area contributed by atoms with Crippen LogP contribution in [0.5, 0.6) is 5.75 Å². The summed E-state index contributed by atoms with van der Waals surface area (Å²) in [7, 11) is 0. The second kappa shape index (κ2) is 5.28. The van der Waals surface area contributed by atoms with Gasteiger partial charge in [-0.15, -0.1) is 13.2 Å². The Morgan fingerprint density at radius 1 is 1.20 bits per heavy atom. The molecule has 20 heavy (non-hydrogen) atoms. The molecule has 0 aliphatic rings. The minimum Gasteiger partial charge on any atom is -0.406 e. The number of alkyl halides is 3. The molecule has 106 valence electrons. The molecule has 0 bridgehead atoms. The second-order valence-corrected chi connectivity index (χ2v) is 4.12. The largest absolute Gasteiger partial charge is 0.573 e. The molecule has 4 nitrogen and oxygen atoms in total. The number of anilines is 3. The maximum atomic E-state index is 12.0. The summed E-state index contributed by atoms with van der Waals surface area (Å²) in [6.45, 7) is 1.84. The summed E-state index contributed by atoms with van der Waals surface area (Å²) in [5, 5.41) is 2.96. The lowest BCUT2D eigenvalue weighted by atomic mass is 10.2. The first-order chi connectivity index (χ1) is 9.33. The summed E-state index contributed by atoms with van der Waals surface area (Å²) in [5.74, 6) is 0.283. The number of halogens is 3. The number of hydrogen-bond donors (Lipinski definition) is 2. The molecule has 0 fully saturated rings. The Labute approximate surface area is 113 Å². The number of aromatic nitrogens is 1. The molecule has 0 unspecified atom stereocenters. The molecule has 0 spiro atoms. The molecule has 2 aromatic rings. The lowest BCUT2D eigenvalue weighted by Gasteiger charge is -2.10. The van der Waals surface area contributed by atoms with Crippen LogP contribution in [0.2, 0.25) is 0 Å². The van der Waals surface area contributed by atoms with Crippen LogP contribution in [0.15, 0.2) is 36.5 Å². The third kappa shape index (κ3) is 3.78. The quantitative estimate of drug-likeness (QED) is 0.903. The maximum Gasteiger partial charge on any atom is 0.573 e. The van der Waals surface area contributed by atoms with Crippen LogP contribution in [0.4, 0.5) is 30.4 Å². The Balaban J connectivity index is 2.08. The summed E-state index contributed by atoms with van der Waals surface area (Å²) in [6.07, 6.45) is -3.18. The molecule has 2 rings (SSSR count). The van der Waals surface area contributed by atoms with E-state index in [0.717, 1.165) is 5.56 Å². The van der Waals surface area contributed by atoms with Gasteiger partial charge in [-0.1, -0.05) is 0 Å². The number of benzene rings is 1. The van der Waals surface area contributed by atoms with E-state index in [9.17, 15) is 13.2 Å². The molecular formula is C13H12F3N3O. The Kier molecular flexibility index (Phi) is 3.69. The van der Waals surface area contributed by atoms with Crippen LogP contribution in [0.25, 0.3) is 0 Å². The van der Waals surface area contributed by atoms with E-state index in [1.165, 1.54) is 30.5 Å². The second-order valence-electron chi connectivity index (χ2n) is 4.12. The SMILES string of the molecule is Cc1cc(Nc2ccc(OC(F)(F)F)cc2)ncc1N. The molecule has 1 aromatic carbocycles. The molecule has 0 aliphatic carbocycles. The van der Waals surface area contributed by atoms with Crippen LogP contribution in [0.1, 0.15) is 5.56 Å². The van der Waals surface area contributed by atoms with E-state index in [1.54, 1.807) is 6.07 Å². The molecular weight excluding hydrogens is 271 g/mol. The molecule has 0 aliphatic heterocycles. The summed E-state index contributed by atoms with van der Waals surface area (Å²) in [6, 6.07) is 7.12. The van der Waals surface area contributed by atoms with Gasteiger partial charge in [-0.3, -0.25) is 0 Å². The van der Waals surface area contributed by atoms with Gasteiger partial charge in [0.2, 0.25) is 0 Å². The van der Waals surface area contributed by atoms with E-state index in [2.05, 4.69) is 15.0 Å². The Hall–Kier alpha value is -2.44. The van der Waals surface area contributed by atoms with Gasteiger partial charge in [-0.2, -0.15) is 0 Å². The predicted octanol–water partition coefficient (Wildman–Crippen LogP) is 3.61. The number of nitrogen functional groups attached to an aromatic ring is 1. The number of pyridine rings is 1. The minimum absolute atomic E-state index is 0.274. The third-order valence-corrected chi connectivity index (χ3v) is 2.51. The van der Waals surface area contributed by atoms with E-state index >= 15 is 0 Å². The van der Waals surface area contributed by atoms with E-state index in [1.807, 2.05) is 6.92 Å². The van der Waals surface area contributed by atoms with E-state index in [0.29, 0.717) is 17.2 Å². The van der Waals surface area contributed by atoms with Crippen LogP contribution < -0.4 is 15.8 Å². The van der Waals surface area contributed by atoms with Gasteiger partial charge >= 0.3 is 6.36 Å². The third-order valence-electron chi connectivity index (χ3n) is 2.51. The number of aryl methyl sites for hydroxylation is 1. The fourth-order valence-corrected chi connectivity index (χ4v) is 1.52. The summed E-state index contributed by atoms with van der Waals surface area (Å²) >= 11 is 0. The van der Waals surface area contributed by atoms with Crippen molar-refractivity contribution in [2.24, 2.45) is 0 Å². The van der Waals surface area contributed by atoms with Crippen molar-refractivity contribution < 1.29 is 17.9 Å². The molecule has 7 heteroatoms. The smallest absolute Gasteiger partial charge is 0.406 e. The van der Waals surface area contributed by atoms with Gasteiger partial charge in [-0.05, 0) is 42.8 Å². The van der Waals surface area contributed by atoms with Crippen molar-refractivity contribution in [2.45, 2.75) is 13.3 Å². The molecule has 1 aromatic heterocycles. The van der Waals surface area contributed by atoms with Gasteiger partial charge < -0.3 is 15.8 Å². The minimum atomic E-state index is -4.69. The highest BCUT2D eigenvalue weighted by molar-refractivity contribution is 5.60. The van der Waals surface area contributed by atoms with Crippen molar-refractivity contribution in [3.63, 3.8) is 0 Å². The Morgan fingerprint density at radius 3 is 2.40 bits per heavy atom. The fraction of sp³-hybridized carbons (Fsp3) is 0.154. The number of rotatable bonds is 3. The first-order valence-electron chi connectivity index (χ1n) is 5.68. The predicted molar refractivity (Wildman–Crippen MR) is 69.8 cm³/mol. The van der Waals surface area contributed by atoms with Gasteiger partial charge in [-0.25, -0.2) is 4.98 Å². The lowest BCUT2D eigenvalue weighted by molar-refractivity contribution is -0.274. The summed E-state index contributed by atoms with van der Waals surface area (Å²) in [4.78, 5) is 4.07. The highest BCUT2D eigenvalue weighted by Crippen LogP contribution is 2.25. The van der Waals surface area contributed by atoms with Crippen molar-refractivity contribution >= 4 is 17.2 Å². The van der Waals surface area contributed by atoms with Gasteiger partial charge in [0.1, 0.15) is 11.6 Å². The van der Waals surface area contributed by atoms with Gasteiger partial charge in [0, 0.05) is 5.69 Å². The zero-order chi connectivity index (χ0) is 14.8. The van der Waals surface area contributed by atoms with Crippen LogP contribution in [0.3, 0.4) is 0 Å². The molecule has 3 N–H and O–H groups in total. The van der Waals surface area contributed by atoms with Crippen molar-refractivity contribution in [1.29, 1.82) is 0 Å². The number of nitrogens with two attached hydrogens (primary N) is 1. The molecule has 0 amide bonds. The highest BCUT2D eigenvalue weighted by atomic mass is 19.4. The number of ether oxygens (including phenoxy) is 1. The van der Waals surface area contributed by atoms with Crippen molar-refractivity contribution in [1.82, 2.24) is 4.98 Å². The maximum absolute atomic E-state index is 12.0. The monoisotopic (exact) mass is 283 g/mol.